The van der Waals surface area contributed by atoms with Gasteiger partial charge in [-0.3, -0.25) is 4.79 Å². The lowest BCUT2D eigenvalue weighted by molar-refractivity contribution is 0.0944. The maximum absolute atomic E-state index is 12.0. The Kier molecular flexibility index (Phi) is 3.60. The molecule has 0 aromatic heterocycles. The number of hydrogen-bond acceptors (Lipinski definition) is 2. The Labute approximate surface area is 109 Å². The fraction of sp³-hybridized carbons (Fsp3) is 0.533. The van der Waals surface area contributed by atoms with Gasteiger partial charge in [0.05, 0.1) is 0 Å². The van der Waals surface area contributed by atoms with Crippen LogP contribution in [0.1, 0.15) is 48.5 Å². The van der Waals surface area contributed by atoms with Gasteiger partial charge in [-0.2, -0.15) is 0 Å². The largest absolute Gasteiger partial charge is 0.398 e. The first-order chi connectivity index (χ1) is 8.56. The highest BCUT2D eigenvalue weighted by molar-refractivity contribution is 5.95. The van der Waals surface area contributed by atoms with Crippen LogP contribution in [0.2, 0.25) is 0 Å². The summed E-state index contributed by atoms with van der Waals surface area (Å²) in [6.07, 6.45) is 4.89. The molecule has 0 aliphatic heterocycles. The van der Waals surface area contributed by atoms with Crippen molar-refractivity contribution in [3.63, 3.8) is 0 Å². The highest BCUT2D eigenvalue weighted by Gasteiger charge is 2.41. The first-order valence-electron chi connectivity index (χ1n) is 6.71. The summed E-state index contributed by atoms with van der Waals surface area (Å²) >= 11 is 0. The second kappa shape index (κ2) is 5.01. The van der Waals surface area contributed by atoms with Crippen molar-refractivity contribution in [3.05, 3.63) is 29.3 Å². The van der Waals surface area contributed by atoms with Crippen LogP contribution in [0.5, 0.6) is 0 Å². The van der Waals surface area contributed by atoms with Crippen LogP contribution >= 0.6 is 0 Å². The summed E-state index contributed by atoms with van der Waals surface area (Å²) in [4.78, 5) is 12.0. The Morgan fingerprint density at radius 3 is 2.72 bits per heavy atom. The Hall–Kier alpha value is -1.51. The lowest BCUT2D eigenvalue weighted by Crippen LogP contribution is -2.30. The third kappa shape index (κ3) is 2.84. The molecule has 2 rings (SSSR count). The summed E-state index contributed by atoms with van der Waals surface area (Å²) in [5.41, 5.74) is 8.56. The minimum absolute atomic E-state index is 0.0101. The van der Waals surface area contributed by atoms with Crippen LogP contribution in [0.15, 0.2) is 18.2 Å². The number of benzene rings is 1. The van der Waals surface area contributed by atoms with Crippen LogP contribution in [0, 0.1) is 12.3 Å². The van der Waals surface area contributed by atoms with Gasteiger partial charge in [-0.05, 0) is 49.3 Å². The molecule has 1 saturated carbocycles. The maximum atomic E-state index is 12.0. The van der Waals surface area contributed by atoms with Crippen molar-refractivity contribution < 1.29 is 4.79 Å². The van der Waals surface area contributed by atoms with Crippen molar-refractivity contribution in [2.75, 3.05) is 12.3 Å². The number of amides is 1. The number of carbonyl (C=O) groups excluding carboxylic acids is 1. The van der Waals surface area contributed by atoms with E-state index in [0.29, 0.717) is 16.7 Å². The van der Waals surface area contributed by atoms with Crippen LogP contribution in [-0.2, 0) is 0 Å². The van der Waals surface area contributed by atoms with E-state index in [2.05, 4.69) is 12.2 Å². The van der Waals surface area contributed by atoms with Gasteiger partial charge in [-0.1, -0.05) is 19.4 Å². The second-order valence-corrected chi connectivity index (χ2v) is 5.50. The van der Waals surface area contributed by atoms with Gasteiger partial charge in [-0.15, -0.1) is 0 Å². The van der Waals surface area contributed by atoms with E-state index in [4.69, 9.17) is 5.73 Å². The van der Waals surface area contributed by atoms with Crippen molar-refractivity contribution in [1.29, 1.82) is 0 Å². The van der Waals surface area contributed by atoms with Crippen LogP contribution in [0.3, 0.4) is 0 Å². The Morgan fingerprint density at radius 2 is 2.17 bits per heavy atom. The predicted molar refractivity (Wildman–Crippen MR) is 74.5 cm³/mol. The normalized spacial score (nSPS) is 16.3. The third-order valence-corrected chi connectivity index (χ3v) is 3.90. The molecule has 3 heteroatoms. The smallest absolute Gasteiger partial charge is 0.251 e. The van der Waals surface area contributed by atoms with Crippen LogP contribution in [0.4, 0.5) is 5.69 Å². The molecule has 0 saturated heterocycles. The van der Waals surface area contributed by atoms with Crippen molar-refractivity contribution in [1.82, 2.24) is 5.32 Å². The summed E-state index contributed by atoms with van der Waals surface area (Å²) in [6.45, 7) is 4.94. The average molecular weight is 246 g/mol. The van der Waals surface area contributed by atoms with Gasteiger partial charge in [0, 0.05) is 17.8 Å². The van der Waals surface area contributed by atoms with Gasteiger partial charge in [0.2, 0.25) is 0 Å². The van der Waals surface area contributed by atoms with Crippen molar-refractivity contribution >= 4 is 11.6 Å². The lowest BCUT2D eigenvalue weighted by atomic mass is 10.0. The molecule has 1 amide bonds. The van der Waals surface area contributed by atoms with E-state index >= 15 is 0 Å². The molecule has 18 heavy (non-hydrogen) atoms. The zero-order valence-corrected chi connectivity index (χ0v) is 11.3. The topological polar surface area (TPSA) is 55.1 Å². The van der Waals surface area contributed by atoms with E-state index in [1.807, 2.05) is 19.1 Å². The van der Waals surface area contributed by atoms with Gasteiger partial charge in [0.1, 0.15) is 0 Å². The Bertz CT molecular complexity index is 450. The summed E-state index contributed by atoms with van der Waals surface area (Å²) in [7, 11) is 0. The van der Waals surface area contributed by atoms with E-state index in [1.54, 1.807) is 6.07 Å². The van der Waals surface area contributed by atoms with E-state index in [1.165, 1.54) is 25.7 Å². The minimum Gasteiger partial charge on any atom is -0.398 e. The molecule has 0 spiro atoms. The van der Waals surface area contributed by atoms with Crippen LogP contribution in [-0.4, -0.2) is 12.5 Å². The fourth-order valence-corrected chi connectivity index (χ4v) is 2.37. The van der Waals surface area contributed by atoms with E-state index in [-0.39, 0.29) is 5.91 Å². The number of nitrogens with one attached hydrogen (secondary N) is 1. The molecular formula is C15H22N2O. The maximum Gasteiger partial charge on any atom is 0.251 e. The van der Waals surface area contributed by atoms with E-state index < -0.39 is 0 Å². The summed E-state index contributed by atoms with van der Waals surface area (Å²) < 4.78 is 0. The molecule has 1 fully saturated rings. The number of hydrogen-bond donors (Lipinski definition) is 2. The predicted octanol–water partition coefficient (Wildman–Crippen LogP) is 2.89. The SMILES string of the molecule is CCCC1(CNC(=O)c2ccc(C)c(N)c2)CC1. The second-order valence-electron chi connectivity index (χ2n) is 5.50. The fourth-order valence-electron chi connectivity index (χ4n) is 2.37. The standard InChI is InChI=1S/C15H22N2O/c1-3-6-15(7-8-15)10-17-14(18)12-5-4-11(2)13(16)9-12/h4-5,9H,3,6-8,10,16H2,1-2H3,(H,17,18). The molecule has 0 radical (unpaired) electrons. The van der Waals surface area contributed by atoms with Crippen LogP contribution in [0.25, 0.3) is 0 Å². The van der Waals surface area contributed by atoms with Crippen molar-refractivity contribution in [2.45, 2.75) is 39.5 Å². The first-order valence-corrected chi connectivity index (χ1v) is 6.71. The molecule has 0 bridgehead atoms. The summed E-state index contributed by atoms with van der Waals surface area (Å²) in [5, 5.41) is 3.04. The molecule has 1 aliphatic rings. The number of nitrogen functional groups attached to an aromatic ring is 1. The van der Waals surface area contributed by atoms with E-state index in [9.17, 15) is 4.79 Å². The zero-order valence-electron chi connectivity index (χ0n) is 11.3. The van der Waals surface area contributed by atoms with Crippen molar-refractivity contribution in [2.24, 2.45) is 5.41 Å². The quantitative estimate of drug-likeness (QED) is 0.785. The Morgan fingerprint density at radius 1 is 1.44 bits per heavy atom. The van der Waals surface area contributed by atoms with Crippen molar-refractivity contribution in [3.8, 4) is 0 Å². The number of aryl methyl sites for hydroxylation is 1. The molecular weight excluding hydrogens is 224 g/mol. The van der Waals surface area contributed by atoms with Gasteiger partial charge in [0.25, 0.3) is 5.91 Å². The number of carbonyl (C=O) groups is 1. The molecule has 98 valence electrons. The average Bonchev–Trinajstić information content (AvgIpc) is 3.11. The molecule has 3 nitrogen and oxygen atoms in total. The molecule has 0 atom stereocenters. The molecule has 0 heterocycles. The van der Waals surface area contributed by atoms with Gasteiger partial charge in [0.15, 0.2) is 0 Å². The third-order valence-electron chi connectivity index (χ3n) is 3.90. The molecule has 1 aromatic carbocycles. The lowest BCUT2D eigenvalue weighted by Gasteiger charge is -2.15. The van der Waals surface area contributed by atoms with Gasteiger partial charge < -0.3 is 11.1 Å². The monoisotopic (exact) mass is 246 g/mol. The molecule has 1 aliphatic carbocycles. The minimum atomic E-state index is -0.0101. The van der Waals surface area contributed by atoms with Gasteiger partial charge in [-0.25, -0.2) is 0 Å². The Balaban J connectivity index is 1.93. The molecule has 3 N–H and O–H groups in total. The zero-order chi connectivity index (χ0) is 13.2. The van der Waals surface area contributed by atoms with Gasteiger partial charge >= 0.3 is 0 Å². The van der Waals surface area contributed by atoms with Crippen LogP contribution < -0.4 is 11.1 Å². The molecule has 0 unspecified atom stereocenters. The summed E-state index contributed by atoms with van der Waals surface area (Å²) in [5.74, 6) is -0.0101. The highest BCUT2D eigenvalue weighted by atomic mass is 16.1. The molecule has 1 aromatic rings. The number of nitrogens with two attached hydrogens (primary N) is 1. The highest BCUT2D eigenvalue weighted by Crippen LogP contribution is 2.48. The summed E-state index contributed by atoms with van der Waals surface area (Å²) in [6, 6.07) is 5.48. The number of rotatable bonds is 5. The van der Waals surface area contributed by atoms with E-state index in [0.717, 1.165) is 12.1 Å². The number of anilines is 1. The first kappa shape index (κ1) is 12.9.